The zero-order valence-electron chi connectivity index (χ0n) is 15.0. The van der Waals surface area contributed by atoms with Crippen LogP contribution in [0.4, 0.5) is 4.79 Å². The first kappa shape index (κ1) is 18.9. The average molecular weight is 350 g/mol. The van der Waals surface area contributed by atoms with Crippen molar-refractivity contribution in [3.05, 3.63) is 23.8 Å². The number of hydrogen-bond acceptors (Lipinski definition) is 5. The van der Waals surface area contributed by atoms with Gasteiger partial charge in [-0.05, 0) is 25.8 Å². The van der Waals surface area contributed by atoms with E-state index in [-0.39, 0.29) is 24.5 Å². The molecule has 1 aliphatic heterocycles. The van der Waals surface area contributed by atoms with Crippen molar-refractivity contribution in [2.45, 2.75) is 32.2 Å². The molecule has 0 spiro atoms. The number of methoxy groups -OCH3 is 2. The van der Waals surface area contributed by atoms with E-state index in [2.05, 4.69) is 5.32 Å². The quantitative estimate of drug-likeness (QED) is 0.849. The number of nitrogens with one attached hydrogen (secondary N) is 1. The average Bonchev–Trinajstić information content (AvgIpc) is 2.62. The molecule has 0 aliphatic carbocycles. The summed E-state index contributed by atoms with van der Waals surface area (Å²) in [5, 5.41) is 3.03. The third kappa shape index (κ3) is 5.27. The summed E-state index contributed by atoms with van der Waals surface area (Å²) in [7, 11) is 3.16. The van der Waals surface area contributed by atoms with Gasteiger partial charge in [0.25, 0.3) is 0 Å². The number of amides is 2. The van der Waals surface area contributed by atoms with Gasteiger partial charge in [0.1, 0.15) is 11.5 Å². The van der Waals surface area contributed by atoms with Crippen LogP contribution in [0.25, 0.3) is 0 Å². The zero-order chi connectivity index (χ0) is 18.2. The highest BCUT2D eigenvalue weighted by Gasteiger charge is 2.24. The largest absolute Gasteiger partial charge is 0.497 e. The summed E-state index contributed by atoms with van der Waals surface area (Å²) < 4.78 is 15.5. The van der Waals surface area contributed by atoms with Crippen molar-refractivity contribution in [3.8, 4) is 11.5 Å². The molecule has 0 bridgehead atoms. The number of likely N-dealkylation sites (tertiary alicyclic amines) is 1. The smallest absolute Gasteiger partial charge is 0.409 e. The molecule has 1 aromatic rings. The Labute approximate surface area is 148 Å². The van der Waals surface area contributed by atoms with E-state index in [9.17, 15) is 9.59 Å². The lowest BCUT2D eigenvalue weighted by molar-refractivity contribution is -0.121. The summed E-state index contributed by atoms with van der Waals surface area (Å²) in [6.45, 7) is 3.35. The van der Waals surface area contributed by atoms with Crippen LogP contribution in [0.2, 0.25) is 0 Å². The van der Waals surface area contributed by atoms with E-state index in [1.807, 2.05) is 12.1 Å². The van der Waals surface area contributed by atoms with Gasteiger partial charge < -0.3 is 24.4 Å². The van der Waals surface area contributed by atoms with E-state index >= 15 is 0 Å². The van der Waals surface area contributed by atoms with Gasteiger partial charge in [0, 0.05) is 30.8 Å². The molecular weight excluding hydrogens is 324 g/mol. The summed E-state index contributed by atoms with van der Waals surface area (Å²) in [5.74, 6) is 1.26. The Hall–Kier alpha value is -2.44. The van der Waals surface area contributed by atoms with Crippen LogP contribution in [0.1, 0.15) is 25.3 Å². The molecule has 7 heteroatoms. The minimum atomic E-state index is -0.282. The molecule has 2 rings (SSSR count). The van der Waals surface area contributed by atoms with Crippen molar-refractivity contribution in [2.24, 2.45) is 0 Å². The fourth-order valence-corrected chi connectivity index (χ4v) is 2.87. The number of rotatable bonds is 6. The topological polar surface area (TPSA) is 77.1 Å². The van der Waals surface area contributed by atoms with Crippen LogP contribution >= 0.6 is 0 Å². The predicted molar refractivity (Wildman–Crippen MR) is 93.0 cm³/mol. The van der Waals surface area contributed by atoms with E-state index in [0.29, 0.717) is 31.2 Å². The lowest BCUT2D eigenvalue weighted by atomic mass is 10.0. The monoisotopic (exact) mass is 350 g/mol. The van der Waals surface area contributed by atoms with Crippen LogP contribution in [0.15, 0.2) is 18.2 Å². The minimum Gasteiger partial charge on any atom is -0.497 e. The Morgan fingerprint density at radius 2 is 1.92 bits per heavy atom. The van der Waals surface area contributed by atoms with Crippen LogP contribution in [0, 0.1) is 0 Å². The number of carbonyl (C=O) groups is 2. The molecule has 25 heavy (non-hydrogen) atoms. The molecule has 1 N–H and O–H groups in total. The van der Waals surface area contributed by atoms with E-state index in [0.717, 1.165) is 18.4 Å². The zero-order valence-corrected chi connectivity index (χ0v) is 15.0. The molecule has 0 atom stereocenters. The highest BCUT2D eigenvalue weighted by atomic mass is 16.6. The molecule has 1 aliphatic rings. The van der Waals surface area contributed by atoms with E-state index < -0.39 is 0 Å². The van der Waals surface area contributed by atoms with Crippen LogP contribution in [0.5, 0.6) is 11.5 Å². The Bertz CT molecular complexity index is 597. The summed E-state index contributed by atoms with van der Waals surface area (Å²) in [6.07, 6.45) is 1.41. The molecule has 0 unspecified atom stereocenters. The highest BCUT2D eigenvalue weighted by Crippen LogP contribution is 2.25. The first-order chi connectivity index (χ1) is 12.1. The fourth-order valence-electron chi connectivity index (χ4n) is 2.87. The summed E-state index contributed by atoms with van der Waals surface area (Å²) in [5.41, 5.74) is 0.810. The Kier molecular flexibility index (Phi) is 6.91. The second-order valence-corrected chi connectivity index (χ2v) is 5.88. The van der Waals surface area contributed by atoms with Crippen molar-refractivity contribution in [3.63, 3.8) is 0 Å². The molecule has 1 aromatic carbocycles. The van der Waals surface area contributed by atoms with Gasteiger partial charge in [-0.25, -0.2) is 4.79 Å². The van der Waals surface area contributed by atoms with Crippen molar-refractivity contribution >= 4 is 12.0 Å². The molecule has 1 saturated heterocycles. The Morgan fingerprint density at radius 1 is 1.20 bits per heavy atom. The fraction of sp³-hybridized carbons (Fsp3) is 0.556. The Morgan fingerprint density at radius 3 is 2.52 bits per heavy atom. The van der Waals surface area contributed by atoms with E-state index in [4.69, 9.17) is 14.2 Å². The third-order valence-corrected chi connectivity index (χ3v) is 4.23. The highest BCUT2D eigenvalue weighted by molar-refractivity contribution is 5.79. The summed E-state index contributed by atoms with van der Waals surface area (Å²) >= 11 is 0. The predicted octanol–water partition coefficient (Wildman–Crippen LogP) is 1.98. The number of carbonyl (C=O) groups excluding carboxylic acids is 2. The maximum Gasteiger partial charge on any atom is 0.409 e. The van der Waals surface area contributed by atoms with Gasteiger partial charge in [0.15, 0.2) is 0 Å². The standard InChI is InChI=1S/C18H26N2O5/c1-4-25-18(22)20-9-7-14(8-10-20)19-17(21)11-13-5-6-15(23-2)12-16(13)24-3/h5-6,12,14H,4,7-11H2,1-3H3,(H,19,21). The van der Waals surface area contributed by atoms with Crippen LogP contribution in [-0.4, -0.2) is 56.9 Å². The summed E-state index contributed by atoms with van der Waals surface area (Å²) in [4.78, 5) is 25.7. The Balaban J connectivity index is 1.84. The molecule has 0 radical (unpaired) electrons. The van der Waals surface area contributed by atoms with Crippen LogP contribution < -0.4 is 14.8 Å². The molecule has 1 fully saturated rings. The van der Waals surface area contributed by atoms with Gasteiger partial charge in [0.05, 0.1) is 27.2 Å². The van der Waals surface area contributed by atoms with Crippen molar-refractivity contribution in [1.82, 2.24) is 10.2 Å². The van der Waals surface area contributed by atoms with E-state index in [1.54, 1.807) is 32.1 Å². The summed E-state index contributed by atoms with van der Waals surface area (Å²) in [6, 6.07) is 5.48. The number of ether oxygens (including phenoxy) is 3. The number of benzene rings is 1. The minimum absolute atomic E-state index is 0.0574. The normalized spacial score (nSPS) is 14.8. The molecule has 1 heterocycles. The van der Waals surface area contributed by atoms with Gasteiger partial charge in [0.2, 0.25) is 5.91 Å². The van der Waals surface area contributed by atoms with Crippen molar-refractivity contribution in [1.29, 1.82) is 0 Å². The number of piperidine rings is 1. The van der Waals surface area contributed by atoms with Crippen molar-refractivity contribution < 1.29 is 23.8 Å². The van der Waals surface area contributed by atoms with Crippen LogP contribution in [-0.2, 0) is 16.0 Å². The molecule has 0 aromatic heterocycles. The molecule has 0 saturated carbocycles. The van der Waals surface area contributed by atoms with E-state index in [1.165, 1.54) is 0 Å². The van der Waals surface area contributed by atoms with Gasteiger partial charge in [-0.2, -0.15) is 0 Å². The lowest BCUT2D eigenvalue weighted by Crippen LogP contribution is -2.47. The molecule has 138 valence electrons. The van der Waals surface area contributed by atoms with Gasteiger partial charge in [-0.3, -0.25) is 4.79 Å². The van der Waals surface area contributed by atoms with Gasteiger partial charge in [-0.1, -0.05) is 6.07 Å². The molecule has 7 nitrogen and oxygen atoms in total. The van der Waals surface area contributed by atoms with Crippen LogP contribution in [0.3, 0.4) is 0 Å². The second kappa shape index (κ2) is 9.15. The molecule has 2 amide bonds. The maximum absolute atomic E-state index is 12.3. The van der Waals surface area contributed by atoms with Crippen molar-refractivity contribution in [2.75, 3.05) is 33.9 Å². The third-order valence-electron chi connectivity index (χ3n) is 4.23. The molecular formula is C18H26N2O5. The number of hydrogen-bond donors (Lipinski definition) is 1. The number of nitrogens with zero attached hydrogens (tertiary/aromatic N) is 1. The SMILES string of the molecule is CCOC(=O)N1CCC(NC(=O)Cc2ccc(OC)cc2OC)CC1. The second-order valence-electron chi connectivity index (χ2n) is 5.88. The first-order valence-corrected chi connectivity index (χ1v) is 8.49. The lowest BCUT2D eigenvalue weighted by Gasteiger charge is -2.31. The van der Waals surface area contributed by atoms with Gasteiger partial charge in [-0.15, -0.1) is 0 Å². The first-order valence-electron chi connectivity index (χ1n) is 8.49. The maximum atomic E-state index is 12.3. The van der Waals surface area contributed by atoms with Gasteiger partial charge >= 0.3 is 6.09 Å².